The van der Waals surface area contributed by atoms with Crippen molar-refractivity contribution in [3.63, 3.8) is 0 Å². The van der Waals surface area contributed by atoms with Crippen LogP contribution in [0.5, 0.6) is 23.0 Å². The Bertz CT molecular complexity index is 2060. The van der Waals surface area contributed by atoms with Crippen LogP contribution in [-0.4, -0.2) is 77.3 Å². The zero-order valence-electron chi connectivity index (χ0n) is 32.0. The van der Waals surface area contributed by atoms with E-state index in [1.165, 1.54) is 0 Å². The summed E-state index contributed by atoms with van der Waals surface area (Å²) in [6.07, 6.45) is 0. The fraction of sp³-hybridized carbons (Fsp3) is 0.381. The molecule has 0 aromatic heterocycles. The molecule has 0 saturated heterocycles. The van der Waals surface area contributed by atoms with Gasteiger partial charge in [0.1, 0.15) is 23.0 Å². The number of fused-ring (bicyclic) bond motifs is 11. The third kappa shape index (κ3) is 6.32. The molecule has 0 saturated carbocycles. The number of ether oxygens (including phenoxy) is 8. The third-order valence-corrected chi connectivity index (χ3v) is 10.1. The standard InChI is InChI=1S/C42H48O12/c1-47-13-21-9-25-33-26-10-22(14-48-2)41(45)31(19-53-7)37(26)38-28(12-24(16-50-4)42(46)32(38)20-54-8)34(33)27-11-23(15-49-3)40(44)30(18-52-6)36(27)35(25)29(17-51-5)39(21)43/h9-12,43-46H,13-20H2,1-8H3. The summed E-state index contributed by atoms with van der Waals surface area (Å²) < 4.78 is 45.3. The summed E-state index contributed by atoms with van der Waals surface area (Å²) in [5.41, 5.74) is 4.09. The minimum Gasteiger partial charge on any atom is -0.507 e. The molecular weight excluding hydrogens is 696 g/mol. The number of methoxy groups -OCH3 is 8. The molecule has 12 nitrogen and oxygen atoms in total. The van der Waals surface area contributed by atoms with Crippen molar-refractivity contribution in [3.05, 3.63) is 68.8 Å². The molecule has 0 amide bonds. The number of aromatic hydroxyl groups is 4. The maximum absolute atomic E-state index is 11.9. The highest BCUT2D eigenvalue weighted by molar-refractivity contribution is 6.41. The van der Waals surface area contributed by atoms with Crippen molar-refractivity contribution in [2.75, 3.05) is 56.9 Å². The smallest absolute Gasteiger partial charge is 0.127 e. The first-order chi connectivity index (χ1) is 26.2. The van der Waals surface area contributed by atoms with Gasteiger partial charge in [-0.15, -0.1) is 0 Å². The summed E-state index contributed by atoms with van der Waals surface area (Å²) >= 11 is 0. The van der Waals surface area contributed by atoms with Crippen LogP contribution in [0.4, 0.5) is 0 Å². The van der Waals surface area contributed by atoms with E-state index in [1.54, 1.807) is 56.9 Å². The molecule has 288 valence electrons. The summed E-state index contributed by atoms with van der Waals surface area (Å²) in [6.45, 7) is 0.534. The molecule has 0 aliphatic heterocycles. The van der Waals surface area contributed by atoms with Crippen LogP contribution in [0, 0.1) is 0 Å². The van der Waals surface area contributed by atoms with Crippen molar-refractivity contribution in [2.24, 2.45) is 0 Å². The predicted molar refractivity (Wildman–Crippen MR) is 206 cm³/mol. The molecule has 0 aliphatic rings. The van der Waals surface area contributed by atoms with Crippen molar-refractivity contribution < 1.29 is 58.3 Å². The Morgan fingerprint density at radius 3 is 0.648 bits per heavy atom. The molecule has 6 aromatic carbocycles. The van der Waals surface area contributed by atoms with Crippen LogP contribution < -0.4 is 0 Å². The molecule has 54 heavy (non-hydrogen) atoms. The molecule has 0 radical (unpaired) electrons. The lowest BCUT2D eigenvalue weighted by atomic mass is 9.80. The molecule has 12 heteroatoms. The average molecular weight is 745 g/mol. The minimum atomic E-state index is 0.00763. The van der Waals surface area contributed by atoms with Crippen molar-refractivity contribution in [1.82, 2.24) is 0 Å². The molecule has 6 aromatic rings. The molecule has 6 rings (SSSR count). The van der Waals surface area contributed by atoms with Gasteiger partial charge in [-0.05, 0) is 78.1 Å². The normalized spacial score (nSPS) is 12.1. The Morgan fingerprint density at radius 2 is 0.481 bits per heavy atom. The molecule has 0 fully saturated rings. The van der Waals surface area contributed by atoms with Gasteiger partial charge in [0.25, 0.3) is 0 Å². The van der Waals surface area contributed by atoms with E-state index in [0.717, 1.165) is 32.3 Å². The molecule has 0 spiro atoms. The number of phenols is 4. The summed E-state index contributed by atoms with van der Waals surface area (Å²) in [4.78, 5) is 0. The fourth-order valence-corrected chi connectivity index (χ4v) is 8.12. The molecule has 0 bridgehead atoms. The van der Waals surface area contributed by atoms with E-state index in [1.807, 2.05) is 24.3 Å². The van der Waals surface area contributed by atoms with Gasteiger partial charge in [0.15, 0.2) is 0 Å². The molecule has 0 unspecified atom stereocenters. The molecular formula is C42H48O12. The van der Waals surface area contributed by atoms with Gasteiger partial charge in [-0.1, -0.05) is 0 Å². The third-order valence-electron chi connectivity index (χ3n) is 10.1. The van der Waals surface area contributed by atoms with Gasteiger partial charge in [0.05, 0.1) is 52.9 Å². The van der Waals surface area contributed by atoms with E-state index < -0.39 is 0 Å². The number of hydrogen-bond donors (Lipinski definition) is 4. The van der Waals surface area contributed by atoms with Crippen LogP contribution in [0.25, 0.3) is 53.9 Å². The van der Waals surface area contributed by atoms with Crippen LogP contribution in [0.1, 0.15) is 44.5 Å². The van der Waals surface area contributed by atoms with Gasteiger partial charge in [-0.3, -0.25) is 0 Å². The topological polar surface area (TPSA) is 155 Å². The van der Waals surface area contributed by atoms with E-state index >= 15 is 0 Å². The van der Waals surface area contributed by atoms with Gasteiger partial charge in [0.2, 0.25) is 0 Å². The highest BCUT2D eigenvalue weighted by Crippen LogP contribution is 2.53. The summed E-state index contributed by atoms with van der Waals surface area (Å²) in [5.74, 6) is 0.0305. The van der Waals surface area contributed by atoms with Gasteiger partial charge in [-0.2, -0.15) is 0 Å². The van der Waals surface area contributed by atoms with Gasteiger partial charge < -0.3 is 58.3 Å². The Balaban J connectivity index is 2.16. The van der Waals surface area contributed by atoms with Gasteiger partial charge in [0, 0.05) is 101 Å². The zero-order chi connectivity index (χ0) is 38.8. The number of phenolic OH excluding ortho intramolecular Hbond substituents is 4. The van der Waals surface area contributed by atoms with Crippen LogP contribution >= 0.6 is 0 Å². The lowest BCUT2D eigenvalue weighted by Crippen LogP contribution is -2.05. The fourth-order valence-electron chi connectivity index (χ4n) is 8.12. The number of benzene rings is 6. The number of hydrogen-bond acceptors (Lipinski definition) is 12. The zero-order valence-corrected chi connectivity index (χ0v) is 32.0. The largest absolute Gasteiger partial charge is 0.507 e. The average Bonchev–Trinajstić information content (AvgIpc) is 3.15. The molecule has 0 heterocycles. The lowest BCUT2D eigenvalue weighted by molar-refractivity contribution is 0.174. The lowest BCUT2D eigenvalue weighted by Gasteiger charge is -2.25. The molecule has 4 N–H and O–H groups in total. The van der Waals surface area contributed by atoms with Crippen molar-refractivity contribution >= 4 is 53.9 Å². The molecule has 0 aliphatic carbocycles. The summed E-state index contributed by atoms with van der Waals surface area (Å²) in [6, 6.07) is 7.62. The van der Waals surface area contributed by atoms with Crippen molar-refractivity contribution in [3.8, 4) is 23.0 Å². The van der Waals surface area contributed by atoms with Gasteiger partial charge in [-0.25, -0.2) is 0 Å². The van der Waals surface area contributed by atoms with E-state index in [0.29, 0.717) is 66.1 Å². The van der Waals surface area contributed by atoms with Crippen LogP contribution in [0.15, 0.2) is 24.3 Å². The Hall–Kier alpha value is -4.50. The first kappa shape index (κ1) is 39.2. The van der Waals surface area contributed by atoms with Crippen LogP contribution in [-0.2, 0) is 90.7 Å². The summed E-state index contributed by atoms with van der Waals surface area (Å²) in [7, 11) is 12.5. The highest BCUT2D eigenvalue weighted by atomic mass is 16.5. The first-order valence-corrected chi connectivity index (χ1v) is 17.4. The van der Waals surface area contributed by atoms with E-state index in [9.17, 15) is 20.4 Å². The second kappa shape index (κ2) is 16.5. The number of rotatable bonds is 16. The Labute approximate surface area is 313 Å². The van der Waals surface area contributed by atoms with E-state index in [4.69, 9.17) is 37.9 Å². The van der Waals surface area contributed by atoms with Crippen LogP contribution in [0.3, 0.4) is 0 Å². The second-order valence-corrected chi connectivity index (χ2v) is 13.4. The Morgan fingerprint density at radius 1 is 0.296 bits per heavy atom. The monoisotopic (exact) mass is 744 g/mol. The molecule has 0 atom stereocenters. The predicted octanol–water partition coefficient (Wildman–Crippen LogP) is 7.45. The SMILES string of the molecule is COCc1cc2c(c(COC)c1O)c1c(COC)c(O)c(COC)cc1c1c3cc(COC)c(O)c(COC)c3c3c(COC)c(O)c(COC)cc3c21. The maximum atomic E-state index is 11.9. The minimum absolute atomic E-state index is 0.00763. The van der Waals surface area contributed by atoms with Gasteiger partial charge >= 0.3 is 0 Å². The van der Waals surface area contributed by atoms with Crippen molar-refractivity contribution in [2.45, 2.75) is 52.9 Å². The van der Waals surface area contributed by atoms with Crippen LogP contribution in [0.2, 0.25) is 0 Å². The van der Waals surface area contributed by atoms with Crippen molar-refractivity contribution in [1.29, 1.82) is 0 Å². The summed E-state index contributed by atoms with van der Waals surface area (Å²) in [5, 5.41) is 54.6. The quantitative estimate of drug-likeness (QED) is 0.0728. The van der Waals surface area contributed by atoms with E-state index in [2.05, 4.69) is 0 Å². The van der Waals surface area contributed by atoms with E-state index in [-0.39, 0.29) is 75.9 Å². The highest BCUT2D eigenvalue weighted by Gasteiger charge is 2.29. The first-order valence-electron chi connectivity index (χ1n) is 17.4. The maximum Gasteiger partial charge on any atom is 0.127 e. The second-order valence-electron chi connectivity index (χ2n) is 13.4. The Kier molecular flexibility index (Phi) is 12.0.